The molecule has 1 unspecified atom stereocenters. The van der Waals surface area contributed by atoms with Gasteiger partial charge in [0.1, 0.15) is 0 Å². The molecule has 0 heterocycles. The van der Waals surface area contributed by atoms with Crippen molar-refractivity contribution in [2.45, 2.75) is 25.8 Å². The summed E-state index contributed by atoms with van der Waals surface area (Å²) in [5.41, 5.74) is 0. The summed E-state index contributed by atoms with van der Waals surface area (Å²) in [5, 5.41) is 3.00. The van der Waals surface area contributed by atoms with Crippen molar-refractivity contribution in [3.8, 4) is 12.3 Å². The summed E-state index contributed by atoms with van der Waals surface area (Å²) < 4.78 is 4.47. The average molecular weight is 169 g/mol. The van der Waals surface area contributed by atoms with E-state index in [-0.39, 0.29) is 18.6 Å². The number of ether oxygens (including phenoxy) is 1. The lowest BCUT2D eigenvalue weighted by molar-refractivity contribution is -0.139. The Morgan fingerprint density at radius 2 is 2.42 bits per heavy atom. The van der Waals surface area contributed by atoms with Gasteiger partial charge in [-0.15, -0.1) is 12.3 Å². The third kappa shape index (κ3) is 4.75. The molecule has 0 rings (SSSR count). The molecule has 0 bridgehead atoms. The standard InChI is InChI=1S/C9H15NO2/c1-4-6-8(5-2)10-7-9(11)12-3/h1,8,10H,5-7H2,2-3H3. The van der Waals surface area contributed by atoms with Gasteiger partial charge < -0.3 is 10.1 Å². The minimum atomic E-state index is -0.259. The van der Waals surface area contributed by atoms with Gasteiger partial charge in [0.25, 0.3) is 0 Å². The largest absolute Gasteiger partial charge is 0.468 e. The van der Waals surface area contributed by atoms with Gasteiger partial charge in [-0.05, 0) is 6.42 Å². The van der Waals surface area contributed by atoms with Crippen LogP contribution in [0.1, 0.15) is 19.8 Å². The van der Waals surface area contributed by atoms with Gasteiger partial charge in [-0.25, -0.2) is 0 Å². The number of methoxy groups -OCH3 is 1. The Bertz CT molecular complexity index is 172. The van der Waals surface area contributed by atoms with Gasteiger partial charge in [0.15, 0.2) is 0 Å². The van der Waals surface area contributed by atoms with Gasteiger partial charge in [-0.2, -0.15) is 0 Å². The van der Waals surface area contributed by atoms with Crippen LogP contribution in [0.25, 0.3) is 0 Å². The number of esters is 1. The van der Waals surface area contributed by atoms with Crippen LogP contribution in [0.15, 0.2) is 0 Å². The van der Waals surface area contributed by atoms with Gasteiger partial charge in [-0.1, -0.05) is 6.92 Å². The van der Waals surface area contributed by atoms with Crippen LogP contribution in [-0.4, -0.2) is 25.7 Å². The molecule has 1 atom stereocenters. The predicted octanol–water partition coefficient (Wildman–Crippen LogP) is 0.551. The fourth-order valence-electron chi connectivity index (χ4n) is 0.803. The van der Waals surface area contributed by atoms with Gasteiger partial charge in [0, 0.05) is 12.5 Å². The number of carbonyl (C=O) groups is 1. The van der Waals surface area contributed by atoms with Gasteiger partial charge in [-0.3, -0.25) is 4.79 Å². The zero-order valence-electron chi connectivity index (χ0n) is 7.59. The molecule has 0 saturated carbocycles. The summed E-state index contributed by atoms with van der Waals surface area (Å²) in [6, 6.07) is 0.217. The topological polar surface area (TPSA) is 38.3 Å². The van der Waals surface area contributed by atoms with Crippen LogP contribution in [0, 0.1) is 12.3 Å². The first-order valence-electron chi connectivity index (χ1n) is 3.98. The number of rotatable bonds is 5. The number of nitrogens with one attached hydrogen (secondary N) is 1. The van der Waals surface area contributed by atoms with E-state index in [1.165, 1.54) is 7.11 Å². The maximum atomic E-state index is 10.7. The molecule has 0 aliphatic carbocycles. The first-order valence-corrected chi connectivity index (χ1v) is 3.98. The molecule has 0 aromatic rings. The maximum absolute atomic E-state index is 10.7. The second-order valence-corrected chi connectivity index (χ2v) is 2.47. The van der Waals surface area contributed by atoms with Crippen molar-refractivity contribution in [3.63, 3.8) is 0 Å². The van der Waals surface area contributed by atoms with E-state index in [1.807, 2.05) is 6.92 Å². The predicted molar refractivity (Wildman–Crippen MR) is 47.5 cm³/mol. The van der Waals surface area contributed by atoms with Crippen LogP contribution < -0.4 is 5.32 Å². The molecular formula is C9H15NO2. The summed E-state index contributed by atoms with van der Waals surface area (Å²) >= 11 is 0. The zero-order valence-corrected chi connectivity index (χ0v) is 7.59. The Kier molecular flexibility index (Phi) is 6.12. The highest BCUT2D eigenvalue weighted by molar-refractivity contribution is 5.71. The van der Waals surface area contributed by atoms with E-state index in [4.69, 9.17) is 6.42 Å². The average Bonchev–Trinajstić information content (AvgIpc) is 2.11. The van der Waals surface area contributed by atoms with Gasteiger partial charge in [0.05, 0.1) is 13.7 Å². The van der Waals surface area contributed by atoms with E-state index in [2.05, 4.69) is 16.0 Å². The van der Waals surface area contributed by atoms with Crippen LogP contribution in [0.4, 0.5) is 0 Å². The second-order valence-electron chi connectivity index (χ2n) is 2.47. The first-order chi connectivity index (χ1) is 5.74. The van der Waals surface area contributed by atoms with E-state index >= 15 is 0 Å². The second kappa shape index (κ2) is 6.68. The van der Waals surface area contributed by atoms with Crippen molar-refractivity contribution < 1.29 is 9.53 Å². The molecule has 0 radical (unpaired) electrons. The number of terminal acetylenes is 1. The molecule has 0 aromatic heterocycles. The Labute approximate surface area is 73.5 Å². The fraction of sp³-hybridized carbons (Fsp3) is 0.667. The minimum absolute atomic E-state index is 0.217. The number of hydrogen-bond acceptors (Lipinski definition) is 3. The van der Waals surface area contributed by atoms with Crippen LogP contribution in [0.3, 0.4) is 0 Å². The van der Waals surface area contributed by atoms with E-state index in [9.17, 15) is 4.79 Å². The third-order valence-electron chi connectivity index (χ3n) is 1.62. The summed E-state index contributed by atoms with van der Waals surface area (Å²) in [4.78, 5) is 10.7. The molecule has 68 valence electrons. The molecule has 3 heteroatoms. The SMILES string of the molecule is C#CCC(CC)NCC(=O)OC. The van der Waals surface area contributed by atoms with Crippen LogP contribution in [-0.2, 0) is 9.53 Å². The Balaban J connectivity index is 3.59. The van der Waals surface area contributed by atoms with Crippen LogP contribution in [0.2, 0.25) is 0 Å². The lowest BCUT2D eigenvalue weighted by Crippen LogP contribution is -2.33. The van der Waals surface area contributed by atoms with E-state index in [1.54, 1.807) is 0 Å². The van der Waals surface area contributed by atoms with Crippen LogP contribution in [0.5, 0.6) is 0 Å². The van der Waals surface area contributed by atoms with Crippen molar-refractivity contribution in [3.05, 3.63) is 0 Å². The monoisotopic (exact) mass is 169 g/mol. The molecule has 0 aliphatic heterocycles. The molecule has 0 saturated heterocycles. The van der Waals surface area contributed by atoms with E-state index in [0.29, 0.717) is 6.42 Å². The molecule has 3 nitrogen and oxygen atoms in total. The molecule has 0 aliphatic rings. The highest BCUT2D eigenvalue weighted by Crippen LogP contribution is 1.94. The number of hydrogen-bond donors (Lipinski definition) is 1. The van der Waals surface area contributed by atoms with Crippen molar-refractivity contribution in [1.29, 1.82) is 0 Å². The summed E-state index contributed by atoms with van der Waals surface area (Å²) in [5.74, 6) is 2.29. The molecule has 1 N–H and O–H groups in total. The highest BCUT2D eigenvalue weighted by atomic mass is 16.5. The zero-order chi connectivity index (χ0) is 9.40. The van der Waals surface area contributed by atoms with Crippen molar-refractivity contribution in [2.75, 3.05) is 13.7 Å². The highest BCUT2D eigenvalue weighted by Gasteiger charge is 2.06. The molecule has 0 fully saturated rings. The molecule has 0 spiro atoms. The maximum Gasteiger partial charge on any atom is 0.319 e. The summed E-state index contributed by atoms with van der Waals surface area (Å²) in [7, 11) is 1.37. The quantitative estimate of drug-likeness (QED) is 0.482. The molecule has 0 amide bonds. The van der Waals surface area contributed by atoms with Crippen molar-refractivity contribution >= 4 is 5.97 Å². The number of carbonyl (C=O) groups excluding carboxylic acids is 1. The normalized spacial score (nSPS) is 11.8. The lowest BCUT2D eigenvalue weighted by atomic mass is 10.1. The fourth-order valence-corrected chi connectivity index (χ4v) is 0.803. The van der Waals surface area contributed by atoms with Crippen molar-refractivity contribution in [1.82, 2.24) is 5.32 Å². The summed E-state index contributed by atoms with van der Waals surface area (Å²) in [6.07, 6.45) is 6.70. The molecule has 12 heavy (non-hydrogen) atoms. The minimum Gasteiger partial charge on any atom is -0.468 e. The van der Waals surface area contributed by atoms with Crippen LogP contribution >= 0.6 is 0 Å². The molecule has 0 aromatic carbocycles. The molecular weight excluding hydrogens is 154 g/mol. The first kappa shape index (κ1) is 11.0. The Hall–Kier alpha value is -1.01. The van der Waals surface area contributed by atoms with Gasteiger partial charge in [0.2, 0.25) is 0 Å². The smallest absolute Gasteiger partial charge is 0.319 e. The van der Waals surface area contributed by atoms with E-state index in [0.717, 1.165) is 6.42 Å². The Morgan fingerprint density at radius 1 is 1.75 bits per heavy atom. The Morgan fingerprint density at radius 3 is 2.83 bits per heavy atom. The third-order valence-corrected chi connectivity index (χ3v) is 1.62. The summed E-state index contributed by atoms with van der Waals surface area (Å²) in [6.45, 7) is 2.25. The van der Waals surface area contributed by atoms with E-state index < -0.39 is 0 Å². The van der Waals surface area contributed by atoms with Gasteiger partial charge >= 0.3 is 5.97 Å². The lowest BCUT2D eigenvalue weighted by Gasteiger charge is -2.12. The van der Waals surface area contributed by atoms with Crippen molar-refractivity contribution in [2.24, 2.45) is 0 Å².